The Kier molecular flexibility index (Phi) is 5.55. The van der Waals surface area contributed by atoms with Crippen LogP contribution < -0.4 is 10.5 Å². The molecule has 1 aromatic carbocycles. The first-order valence-electron chi connectivity index (χ1n) is 7.26. The second-order valence-corrected chi connectivity index (χ2v) is 7.08. The summed E-state index contributed by atoms with van der Waals surface area (Å²) in [5.74, 6) is -0.822. The minimum absolute atomic E-state index is 0.205. The Hall–Kier alpha value is -1.18. The van der Waals surface area contributed by atoms with Crippen LogP contribution in [0.15, 0.2) is 23.1 Å². The summed E-state index contributed by atoms with van der Waals surface area (Å²) in [6, 6.07) is 3.59. The van der Waals surface area contributed by atoms with Crippen molar-refractivity contribution in [1.82, 2.24) is 9.62 Å². The monoisotopic (exact) mass is 315 g/mol. The van der Waals surface area contributed by atoms with Gasteiger partial charge in [-0.15, -0.1) is 0 Å². The van der Waals surface area contributed by atoms with Gasteiger partial charge in [-0.25, -0.2) is 17.5 Å². The van der Waals surface area contributed by atoms with Crippen LogP contribution in [0.25, 0.3) is 0 Å². The van der Waals surface area contributed by atoms with Gasteiger partial charge in [-0.3, -0.25) is 0 Å². The number of benzene rings is 1. The lowest BCUT2D eigenvalue weighted by Crippen LogP contribution is -2.35. The van der Waals surface area contributed by atoms with Crippen LogP contribution in [0.1, 0.15) is 25.7 Å². The van der Waals surface area contributed by atoms with E-state index in [2.05, 4.69) is 9.62 Å². The van der Waals surface area contributed by atoms with Gasteiger partial charge in [-0.05, 0) is 44.1 Å². The number of hydrogen-bond donors (Lipinski definition) is 2. The number of sulfonamides is 1. The third-order valence-corrected chi connectivity index (χ3v) is 5.16. The minimum atomic E-state index is -3.82. The van der Waals surface area contributed by atoms with Crippen molar-refractivity contribution >= 4 is 15.7 Å². The fourth-order valence-corrected chi connectivity index (χ4v) is 3.59. The van der Waals surface area contributed by atoms with Crippen molar-refractivity contribution < 1.29 is 12.8 Å². The number of halogens is 1. The molecule has 1 saturated heterocycles. The highest BCUT2D eigenvalue weighted by molar-refractivity contribution is 7.89. The first kappa shape index (κ1) is 16.2. The van der Waals surface area contributed by atoms with Gasteiger partial charge in [0.15, 0.2) is 0 Å². The van der Waals surface area contributed by atoms with Gasteiger partial charge in [-0.2, -0.15) is 0 Å². The van der Waals surface area contributed by atoms with Crippen LogP contribution in [-0.4, -0.2) is 39.5 Å². The molecule has 0 atom stereocenters. The largest absolute Gasteiger partial charge is 0.399 e. The first-order valence-corrected chi connectivity index (χ1v) is 8.74. The number of rotatable bonds is 5. The third-order valence-electron chi connectivity index (χ3n) is 3.66. The molecule has 21 heavy (non-hydrogen) atoms. The molecule has 1 fully saturated rings. The van der Waals surface area contributed by atoms with Crippen LogP contribution in [0.2, 0.25) is 0 Å². The Morgan fingerprint density at radius 1 is 1.19 bits per heavy atom. The second-order valence-electron chi connectivity index (χ2n) is 5.34. The SMILES string of the molecule is Nc1ccc(S(=O)(=O)NCCN2CCCCCC2)c(F)c1. The van der Waals surface area contributed by atoms with Crippen molar-refractivity contribution in [2.75, 3.05) is 31.9 Å². The molecule has 0 aliphatic carbocycles. The average molecular weight is 315 g/mol. The molecule has 1 aliphatic heterocycles. The Morgan fingerprint density at radius 2 is 1.86 bits per heavy atom. The van der Waals surface area contributed by atoms with Crippen molar-refractivity contribution in [2.45, 2.75) is 30.6 Å². The summed E-state index contributed by atoms with van der Waals surface area (Å²) in [6.45, 7) is 2.93. The molecule has 0 bridgehead atoms. The van der Waals surface area contributed by atoms with E-state index in [1.165, 1.54) is 25.0 Å². The van der Waals surface area contributed by atoms with Crippen molar-refractivity contribution in [3.63, 3.8) is 0 Å². The van der Waals surface area contributed by atoms with Gasteiger partial charge in [0.1, 0.15) is 10.7 Å². The standard InChI is InChI=1S/C14H22FN3O2S/c15-13-11-12(16)5-6-14(13)21(19,20)17-7-10-18-8-3-1-2-4-9-18/h5-6,11,17H,1-4,7-10,16H2. The molecule has 1 aromatic rings. The summed E-state index contributed by atoms with van der Waals surface area (Å²) in [7, 11) is -3.82. The van der Waals surface area contributed by atoms with E-state index in [0.717, 1.165) is 32.0 Å². The predicted octanol–water partition coefficient (Wildman–Crippen LogP) is 1.56. The van der Waals surface area contributed by atoms with E-state index in [9.17, 15) is 12.8 Å². The zero-order chi connectivity index (χ0) is 15.3. The number of nitrogens with two attached hydrogens (primary N) is 1. The highest BCUT2D eigenvalue weighted by Gasteiger charge is 2.19. The second kappa shape index (κ2) is 7.20. The highest BCUT2D eigenvalue weighted by Crippen LogP contribution is 2.17. The Balaban J connectivity index is 1.91. The summed E-state index contributed by atoms with van der Waals surface area (Å²) in [4.78, 5) is 1.89. The Labute approximate surface area is 125 Å². The number of anilines is 1. The third kappa shape index (κ3) is 4.66. The first-order chi connectivity index (χ1) is 9.99. The number of nitrogens with zero attached hydrogens (tertiary/aromatic N) is 1. The molecule has 0 amide bonds. The van der Waals surface area contributed by atoms with Crippen LogP contribution in [-0.2, 0) is 10.0 Å². The molecule has 0 radical (unpaired) electrons. The lowest BCUT2D eigenvalue weighted by molar-refractivity contribution is 0.290. The van der Waals surface area contributed by atoms with Crippen LogP contribution >= 0.6 is 0 Å². The summed E-state index contributed by atoms with van der Waals surface area (Å²) in [5, 5.41) is 0. The molecule has 7 heteroatoms. The van der Waals surface area contributed by atoms with E-state index in [-0.39, 0.29) is 17.1 Å². The average Bonchev–Trinajstić information content (AvgIpc) is 2.66. The van der Waals surface area contributed by atoms with E-state index in [4.69, 9.17) is 5.73 Å². The van der Waals surface area contributed by atoms with Gasteiger partial charge in [0.2, 0.25) is 10.0 Å². The quantitative estimate of drug-likeness (QED) is 0.809. The minimum Gasteiger partial charge on any atom is -0.399 e. The summed E-state index contributed by atoms with van der Waals surface area (Å²) < 4.78 is 40.3. The zero-order valence-electron chi connectivity index (χ0n) is 12.0. The van der Waals surface area contributed by atoms with E-state index in [1.54, 1.807) is 0 Å². The summed E-state index contributed by atoms with van der Waals surface area (Å²) in [5.41, 5.74) is 5.63. The van der Waals surface area contributed by atoms with Crippen molar-refractivity contribution in [3.05, 3.63) is 24.0 Å². The summed E-state index contributed by atoms with van der Waals surface area (Å²) in [6.07, 6.45) is 4.77. The highest BCUT2D eigenvalue weighted by atomic mass is 32.2. The van der Waals surface area contributed by atoms with Crippen LogP contribution in [0.5, 0.6) is 0 Å². The molecule has 2 rings (SSSR count). The molecule has 3 N–H and O–H groups in total. The van der Waals surface area contributed by atoms with Gasteiger partial charge >= 0.3 is 0 Å². The Bertz CT molecular complexity index is 570. The fraction of sp³-hybridized carbons (Fsp3) is 0.571. The van der Waals surface area contributed by atoms with Crippen molar-refractivity contribution in [1.29, 1.82) is 0 Å². The molecule has 1 heterocycles. The topological polar surface area (TPSA) is 75.4 Å². The predicted molar refractivity (Wildman–Crippen MR) is 80.9 cm³/mol. The molecule has 0 saturated carbocycles. The van der Waals surface area contributed by atoms with Gasteiger partial charge in [0.05, 0.1) is 0 Å². The molecule has 1 aliphatic rings. The van der Waals surface area contributed by atoms with Gasteiger partial charge in [0, 0.05) is 18.8 Å². The number of likely N-dealkylation sites (tertiary alicyclic amines) is 1. The maximum atomic E-state index is 13.7. The molecular weight excluding hydrogens is 293 g/mol. The van der Waals surface area contributed by atoms with Gasteiger partial charge in [-0.1, -0.05) is 12.8 Å². The molecule has 0 unspecified atom stereocenters. The molecule has 0 aromatic heterocycles. The lowest BCUT2D eigenvalue weighted by atomic mass is 10.2. The number of hydrogen-bond acceptors (Lipinski definition) is 4. The van der Waals surface area contributed by atoms with E-state index in [0.29, 0.717) is 6.54 Å². The lowest BCUT2D eigenvalue weighted by Gasteiger charge is -2.19. The molecule has 118 valence electrons. The van der Waals surface area contributed by atoms with E-state index < -0.39 is 15.8 Å². The maximum absolute atomic E-state index is 13.7. The molecule has 5 nitrogen and oxygen atoms in total. The number of nitrogen functional groups attached to an aromatic ring is 1. The fourth-order valence-electron chi connectivity index (χ4n) is 2.51. The van der Waals surface area contributed by atoms with Gasteiger partial charge < -0.3 is 10.6 Å². The maximum Gasteiger partial charge on any atom is 0.243 e. The van der Waals surface area contributed by atoms with Crippen molar-refractivity contribution in [2.24, 2.45) is 0 Å². The van der Waals surface area contributed by atoms with E-state index >= 15 is 0 Å². The summed E-state index contributed by atoms with van der Waals surface area (Å²) >= 11 is 0. The van der Waals surface area contributed by atoms with E-state index in [1.807, 2.05) is 0 Å². The van der Waals surface area contributed by atoms with Crippen molar-refractivity contribution in [3.8, 4) is 0 Å². The Morgan fingerprint density at radius 3 is 2.48 bits per heavy atom. The van der Waals surface area contributed by atoms with Crippen LogP contribution in [0.3, 0.4) is 0 Å². The molecule has 0 spiro atoms. The molecular formula is C14H22FN3O2S. The number of nitrogens with one attached hydrogen (secondary N) is 1. The zero-order valence-corrected chi connectivity index (χ0v) is 12.8. The normalized spacial score (nSPS) is 17.6. The van der Waals surface area contributed by atoms with Gasteiger partial charge in [0.25, 0.3) is 0 Å². The smallest absolute Gasteiger partial charge is 0.243 e. The van der Waals surface area contributed by atoms with Crippen LogP contribution in [0.4, 0.5) is 10.1 Å². The van der Waals surface area contributed by atoms with Crippen LogP contribution in [0, 0.1) is 5.82 Å².